The van der Waals surface area contributed by atoms with Crippen molar-refractivity contribution in [3.63, 3.8) is 0 Å². The van der Waals surface area contributed by atoms with Crippen LogP contribution in [-0.2, 0) is 0 Å². The van der Waals surface area contributed by atoms with E-state index in [4.69, 9.17) is 10.5 Å². The molecule has 0 radical (unpaired) electrons. The third-order valence-electron chi connectivity index (χ3n) is 4.85. The van der Waals surface area contributed by atoms with Gasteiger partial charge in [-0.25, -0.2) is 0 Å². The second kappa shape index (κ2) is 5.96. The lowest BCUT2D eigenvalue weighted by atomic mass is 9.82. The van der Waals surface area contributed by atoms with Crippen molar-refractivity contribution in [1.82, 2.24) is 0 Å². The van der Waals surface area contributed by atoms with Crippen LogP contribution in [-0.4, -0.2) is 19.1 Å². The molecule has 2 unspecified atom stereocenters. The highest BCUT2D eigenvalue weighted by atomic mass is 16.5. The van der Waals surface area contributed by atoms with E-state index in [0.717, 1.165) is 23.3 Å². The smallest absolute Gasteiger partial charge is 0.248 e. The molecule has 2 atom stereocenters. The first kappa shape index (κ1) is 14.2. The molecule has 4 heteroatoms. The van der Waals surface area contributed by atoms with Crippen LogP contribution in [0.5, 0.6) is 5.75 Å². The predicted octanol–water partition coefficient (Wildman–Crippen LogP) is 3.17. The van der Waals surface area contributed by atoms with Crippen LogP contribution < -0.4 is 15.8 Å². The molecule has 21 heavy (non-hydrogen) atoms. The lowest BCUT2D eigenvalue weighted by Crippen LogP contribution is -2.28. The average molecular weight is 288 g/mol. The van der Waals surface area contributed by atoms with E-state index in [1.165, 1.54) is 38.5 Å². The SMILES string of the molecule is COc1ccc(C(N)=O)cc1NC1CCCC(C2CC2)C1. The van der Waals surface area contributed by atoms with Gasteiger partial charge in [0.15, 0.2) is 0 Å². The molecule has 3 N–H and O–H groups in total. The number of methoxy groups -OCH3 is 1. The number of nitrogens with one attached hydrogen (secondary N) is 1. The van der Waals surface area contributed by atoms with Crippen molar-refractivity contribution in [2.75, 3.05) is 12.4 Å². The maximum Gasteiger partial charge on any atom is 0.248 e. The number of ether oxygens (including phenoxy) is 1. The van der Waals surface area contributed by atoms with Crippen molar-refractivity contribution in [3.8, 4) is 5.75 Å². The Labute approximate surface area is 126 Å². The molecule has 3 rings (SSSR count). The van der Waals surface area contributed by atoms with Crippen LogP contribution in [0.4, 0.5) is 5.69 Å². The minimum absolute atomic E-state index is 0.403. The lowest BCUT2D eigenvalue weighted by molar-refractivity contribution is 0.100. The molecule has 4 nitrogen and oxygen atoms in total. The van der Waals surface area contributed by atoms with Crippen LogP contribution in [0.15, 0.2) is 18.2 Å². The van der Waals surface area contributed by atoms with Crippen LogP contribution in [0.2, 0.25) is 0 Å². The number of primary amides is 1. The Kier molecular flexibility index (Phi) is 4.04. The van der Waals surface area contributed by atoms with Crippen LogP contribution in [0.3, 0.4) is 0 Å². The molecule has 0 heterocycles. The zero-order valence-electron chi connectivity index (χ0n) is 12.6. The van der Waals surface area contributed by atoms with Crippen LogP contribution in [0.1, 0.15) is 48.9 Å². The number of rotatable bonds is 5. The fraction of sp³-hybridized carbons (Fsp3) is 0.588. The van der Waals surface area contributed by atoms with Gasteiger partial charge in [-0.15, -0.1) is 0 Å². The van der Waals surface area contributed by atoms with Crippen molar-refractivity contribution in [1.29, 1.82) is 0 Å². The van der Waals surface area contributed by atoms with Crippen LogP contribution >= 0.6 is 0 Å². The third-order valence-corrected chi connectivity index (χ3v) is 4.85. The van der Waals surface area contributed by atoms with Gasteiger partial charge in [-0.3, -0.25) is 4.79 Å². The number of carbonyl (C=O) groups excluding carboxylic acids is 1. The number of hydrogen-bond donors (Lipinski definition) is 2. The van der Waals surface area contributed by atoms with E-state index in [2.05, 4.69) is 5.32 Å². The summed E-state index contributed by atoms with van der Waals surface area (Å²) in [6.07, 6.45) is 7.91. The van der Waals surface area contributed by atoms with E-state index in [1.54, 1.807) is 13.2 Å². The Morgan fingerprint density at radius 3 is 2.71 bits per heavy atom. The van der Waals surface area contributed by atoms with Crippen molar-refractivity contribution in [3.05, 3.63) is 23.8 Å². The number of hydrogen-bond acceptors (Lipinski definition) is 3. The standard InChI is InChI=1S/C17H24N2O2/c1-21-16-8-7-13(17(18)20)10-15(16)19-14-4-2-3-12(9-14)11-5-6-11/h7-8,10-12,14,19H,2-6,9H2,1H3,(H2,18,20). The van der Waals surface area contributed by atoms with E-state index in [0.29, 0.717) is 11.6 Å². The summed E-state index contributed by atoms with van der Waals surface area (Å²) in [6.45, 7) is 0. The van der Waals surface area contributed by atoms with Gasteiger partial charge in [-0.05, 0) is 55.7 Å². The zero-order valence-corrected chi connectivity index (χ0v) is 12.6. The number of anilines is 1. The molecule has 114 valence electrons. The topological polar surface area (TPSA) is 64.3 Å². The van der Waals surface area contributed by atoms with Gasteiger partial charge in [-0.2, -0.15) is 0 Å². The van der Waals surface area contributed by atoms with Gasteiger partial charge in [-0.1, -0.05) is 12.8 Å². The van der Waals surface area contributed by atoms with Crippen LogP contribution in [0.25, 0.3) is 0 Å². The van der Waals surface area contributed by atoms with Crippen molar-refractivity contribution in [2.45, 2.75) is 44.6 Å². The van der Waals surface area contributed by atoms with E-state index in [-0.39, 0.29) is 0 Å². The Hall–Kier alpha value is -1.71. The first-order valence-corrected chi connectivity index (χ1v) is 7.91. The van der Waals surface area contributed by atoms with Gasteiger partial charge in [0.1, 0.15) is 5.75 Å². The van der Waals surface area contributed by atoms with Crippen molar-refractivity contribution >= 4 is 11.6 Å². The molecule has 0 aromatic heterocycles. The quantitative estimate of drug-likeness (QED) is 0.874. The largest absolute Gasteiger partial charge is 0.495 e. The molecule has 1 amide bonds. The molecular weight excluding hydrogens is 264 g/mol. The van der Waals surface area contributed by atoms with E-state index < -0.39 is 5.91 Å². The zero-order chi connectivity index (χ0) is 14.8. The molecular formula is C17H24N2O2. The van der Waals surface area contributed by atoms with Crippen molar-refractivity contribution in [2.24, 2.45) is 17.6 Å². The maximum atomic E-state index is 11.3. The van der Waals surface area contributed by atoms with Gasteiger partial charge >= 0.3 is 0 Å². The minimum atomic E-state index is -0.403. The summed E-state index contributed by atoms with van der Waals surface area (Å²) in [5.41, 5.74) is 6.78. The summed E-state index contributed by atoms with van der Waals surface area (Å²) < 4.78 is 5.39. The third kappa shape index (κ3) is 3.31. The number of amides is 1. The molecule has 0 spiro atoms. The second-order valence-electron chi connectivity index (χ2n) is 6.38. The van der Waals surface area contributed by atoms with Gasteiger partial charge in [0.2, 0.25) is 5.91 Å². The predicted molar refractivity (Wildman–Crippen MR) is 83.6 cm³/mol. The average Bonchev–Trinajstić information content (AvgIpc) is 3.32. The Bertz CT molecular complexity index is 526. The Morgan fingerprint density at radius 2 is 2.05 bits per heavy atom. The maximum absolute atomic E-state index is 11.3. The lowest BCUT2D eigenvalue weighted by Gasteiger charge is -2.31. The van der Waals surface area contributed by atoms with Gasteiger partial charge < -0.3 is 15.8 Å². The highest BCUT2D eigenvalue weighted by Crippen LogP contribution is 2.44. The number of carbonyl (C=O) groups is 1. The molecule has 2 aliphatic carbocycles. The molecule has 2 fully saturated rings. The Balaban J connectivity index is 1.73. The summed E-state index contributed by atoms with van der Waals surface area (Å²) in [7, 11) is 1.65. The van der Waals surface area contributed by atoms with E-state index in [1.807, 2.05) is 12.1 Å². The van der Waals surface area contributed by atoms with Gasteiger partial charge in [0.05, 0.1) is 12.8 Å². The van der Waals surface area contributed by atoms with E-state index in [9.17, 15) is 4.79 Å². The van der Waals surface area contributed by atoms with E-state index >= 15 is 0 Å². The molecule has 0 saturated heterocycles. The summed E-state index contributed by atoms with van der Waals surface area (Å²) >= 11 is 0. The minimum Gasteiger partial charge on any atom is -0.495 e. The molecule has 2 saturated carbocycles. The van der Waals surface area contributed by atoms with Gasteiger partial charge in [0.25, 0.3) is 0 Å². The molecule has 2 aliphatic rings. The molecule has 1 aromatic rings. The van der Waals surface area contributed by atoms with Crippen LogP contribution in [0, 0.1) is 11.8 Å². The Morgan fingerprint density at radius 1 is 1.24 bits per heavy atom. The monoisotopic (exact) mass is 288 g/mol. The first-order chi connectivity index (χ1) is 10.2. The molecule has 0 bridgehead atoms. The highest BCUT2D eigenvalue weighted by molar-refractivity contribution is 5.94. The summed E-state index contributed by atoms with van der Waals surface area (Å²) in [5, 5.41) is 3.58. The normalized spacial score (nSPS) is 25.4. The summed E-state index contributed by atoms with van der Waals surface area (Å²) in [4.78, 5) is 11.3. The second-order valence-corrected chi connectivity index (χ2v) is 6.38. The highest BCUT2D eigenvalue weighted by Gasteiger charge is 2.34. The van der Waals surface area contributed by atoms with Crippen molar-refractivity contribution < 1.29 is 9.53 Å². The summed E-state index contributed by atoms with van der Waals surface area (Å²) in [6, 6.07) is 5.80. The number of benzene rings is 1. The molecule has 1 aromatic carbocycles. The van der Waals surface area contributed by atoms with Gasteiger partial charge in [0, 0.05) is 11.6 Å². The fourth-order valence-electron chi connectivity index (χ4n) is 3.55. The summed E-state index contributed by atoms with van der Waals surface area (Å²) in [5.74, 6) is 2.21. The molecule has 0 aliphatic heterocycles. The fourth-order valence-corrected chi connectivity index (χ4v) is 3.55. The first-order valence-electron chi connectivity index (χ1n) is 7.91. The number of nitrogens with two attached hydrogens (primary N) is 1.